The first kappa shape index (κ1) is 18.2. The lowest BCUT2D eigenvalue weighted by molar-refractivity contribution is 0.0680. The van der Waals surface area contributed by atoms with Crippen molar-refractivity contribution in [3.8, 4) is 5.75 Å². The molecular formula is C20H23FN2O3. The third kappa shape index (κ3) is 5.74. The minimum absolute atomic E-state index is 0.154. The zero-order valence-electron chi connectivity index (χ0n) is 14.5. The molecule has 0 spiro atoms. The second kappa shape index (κ2) is 9.20. The van der Waals surface area contributed by atoms with Crippen LogP contribution in [0.25, 0.3) is 0 Å². The molecule has 1 aliphatic rings. The Kier molecular flexibility index (Phi) is 6.44. The topological polar surface area (TPSA) is 59.6 Å². The van der Waals surface area contributed by atoms with Crippen LogP contribution in [-0.2, 0) is 11.2 Å². The van der Waals surface area contributed by atoms with E-state index in [9.17, 15) is 9.18 Å². The van der Waals surface area contributed by atoms with Crippen molar-refractivity contribution in [3.63, 3.8) is 0 Å². The Morgan fingerprint density at radius 3 is 2.85 bits per heavy atom. The minimum atomic E-state index is -0.289. The number of urea groups is 1. The molecule has 1 unspecified atom stereocenters. The molecule has 5 nitrogen and oxygen atoms in total. The van der Waals surface area contributed by atoms with E-state index in [2.05, 4.69) is 10.6 Å². The van der Waals surface area contributed by atoms with Crippen LogP contribution in [-0.4, -0.2) is 31.9 Å². The first-order valence-corrected chi connectivity index (χ1v) is 8.83. The number of anilines is 1. The maximum absolute atomic E-state index is 12.9. The van der Waals surface area contributed by atoms with Crippen molar-refractivity contribution in [3.05, 3.63) is 59.9 Å². The lowest BCUT2D eigenvalue weighted by Gasteiger charge is -2.13. The molecule has 1 fully saturated rings. The third-order valence-corrected chi connectivity index (χ3v) is 4.16. The van der Waals surface area contributed by atoms with Gasteiger partial charge in [-0.2, -0.15) is 0 Å². The van der Waals surface area contributed by atoms with Crippen LogP contribution in [0, 0.1) is 5.82 Å². The summed E-state index contributed by atoms with van der Waals surface area (Å²) >= 11 is 0. The Morgan fingerprint density at radius 2 is 2.08 bits per heavy atom. The molecule has 2 aromatic rings. The van der Waals surface area contributed by atoms with Gasteiger partial charge in [-0.25, -0.2) is 9.18 Å². The molecule has 1 atom stereocenters. The smallest absolute Gasteiger partial charge is 0.319 e. The van der Waals surface area contributed by atoms with Gasteiger partial charge in [-0.05, 0) is 49.1 Å². The monoisotopic (exact) mass is 358 g/mol. The molecule has 1 aliphatic heterocycles. The maximum atomic E-state index is 12.9. The van der Waals surface area contributed by atoms with Gasteiger partial charge in [0.05, 0.1) is 6.10 Å². The summed E-state index contributed by atoms with van der Waals surface area (Å²) in [5.41, 5.74) is 1.63. The summed E-state index contributed by atoms with van der Waals surface area (Å²) in [5.74, 6) is 0.436. The largest absolute Gasteiger partial charge is 0.491 e. The van der Waals surface area contributed by atoms with Crippen molar-refractivity contribution in [1.82, 2.24) is 5.32 Å². The van der Waals surface area contributed by atoms with E-state index in [-0.39, 0.29) is 18.0 Å². The fourth-order valence-electron chi connectivity index (χ4n) is 2.78. The fraction of sp³-hybridized carbons (Fsp3) is 0.350. The molecule has 0 aromatic heterocycles. The zero-order chi connectivity index (χ0) is 18.2. The number of hydrogen-bond acceptors (Lipinski definition) is 3. The molecule has 3 rings (SSSR count). The lowest BCUT2D eigenvalue weighted by atomic mass is 10.1. The zero-order valence-corrected chi connectivity index (χ0v) is 14.5. The van der Waals surface area contributed by atoms with Gasteiger partial charge >= 0.3 is 6.03 Å². The molecular weight excluding hydrogens is 335 g/mol. The van der Waals surface area contributed by atoms with E-state index in [0.29, 0.717) is 31.0 Å². The number of rotatable bonds is 7. The Bertz CT molecular complexity index is 715. The van der Waals surface area contributed by atoms with Gasteiger partial charge in [0, 0.05) is 24.9 Å². The molecule has 0 saturated carbocycles. The second-order valence-electron chi connectivity index (χ2n) is 6.23. The van der Waals surface area contributed by atoms with Gasteiger partial charge in [0.2, 0.25) is 0 Å². The molecule has 2 aromatic carbocycles. The van der Waals surface area contributed by atoms with Gasteiger partial charge < -0.3 is 20.1 Å². The molecule has 1 saturated heterocycles. The van der Waals surface area contributed by atoms with Gasteiger partial charge in [0.15, 0.2) is 0 Å². The number of halogens is 1. The second-order valence-corrected chi connectivity index (χ2v) is 6.23. The van der Waals surface area contributed by atoms with E-state index in [0.717, 1.165) is 25.0 Å². The van der Waals surface area contributed by atoms with Crippen LogP contribution in [0.15, 0.2) is 48.5 Å². The molecule has 26 heavy (non-hydrogen) atoms. The van der Waals surface area contributed by atoms with Gasteiger partial charge in [0.1, 0.15) is 18.2 Å². The standard InChI is InChI=1S/C20H23FN2O3/c21-16-8-6-15(7-9-16)10-11-22-20(24)23-17-3-1-4-18(13-17)26-14-19-5-2-12-25-19/h1,3-4,6-9,13,19H,2,5,10-12,14H2,(H2,22,23,24). The highest BCUT2D eigenvalue weighted by atomic mass is 19.1. The summed E-state index contributed by atoms with van der Waals surface area (Å²) in [4.78, 5) is 12.0. The van der Waals surface area contributed by atoms with Crippen molar-refractivity contribution in [2.45, 2.75) is 25.4 Å². The summed E-state index contributed by atoms with van der Waals surface area (Å²) < 4.78 is 24.1. The number of carbonyl (C=O) groups excluding carboxylic acids is 1. The molecule has 1 heterocycles. The third-order valence-electron chi connectivity index (χ3n) is 4.16. The first-order chi connectivity index (χ1) is 12.7. The van der Waals surface area contributed by atoms with Crippen LogP contribution in [0.3, 0.4) is 0 Å². The highest BCUT2D eigenvalue weighted by Crippen LogP contribution is 2.19. The van der Waals surface area contributed by atoms with Crippen LogP contribution < -0.4 is 15.4 Å². The van der Waals surface area contributed by atoms with E-state index >= 15 is 0 Å². The Balaban J connectivity index is 1.41. The van der Waals surface area contributed by atoms with Crippen molar-refractivity contribution in [2.75, 3.05) is 25.1 Å². The molecule has 0 radical (unpaired) electrons. The normalized spacial score (nSPS) is 16.3. The molecule has 0 bridgehead atoms. The SMILES string of the molecule is O=C(NCCc1ccc(F)cc1)Nc1cccc(OCC2CCCO2)c1. The first-order valence-electron chi connectivity index (χ1n) is 8.83. The van der Waals surface area contributed by atoms with Crippen LogP contribution in [0.5, 0.6) is 5.75 Å². The summed E-state index contributed by atoms with van der Waals surface area (Å²) in [6.07, 6.45) is 2.89. The summed E-state index contributed by atoms with van der Waals surface area (Å²) in [6.45, 7) is 1.79. The van der Waals surface area contributed by atoms with Crippen molar-refractivity contribution in [2.24, 2.45) is 0 Å². The summed E-state index contributed by atoms with van der Waals surface area (Å²) in [6, 6.07) is 13.2. The highest BCUT2D eigenvalue weighted by molar-refractivity contribution is 5.89. The van der Waals surface area contributed by atoms with E-state index in [1.807, 2.05) is 12.1 Å². The van der Waals surface area contributed by atoms with Gasteiger partial charge in [-0.15, -0.1) is 0 Å². The number of carbonyl (C=O) groups is 1. The van der Waals surface area contributed by atoms with Crippen molar-refractivity contribution in [1.29, 1.82) is 0 Å². The Morgan fingerprint density at radius 1 is 1.23 bits per heavy atom. The summed E-state index contributed by atoms with van der Waals surface area (Å²) in [7, 11) is 0. The average molecular weight is 358 g/mol. The Labute approximate surface area is 152 Å². The predicted molar refractivity (Wildman–Crippen MR) is 98.0 cm³/mol. The van der Waals surface area contributed by atoms with Crippen LogP contribution >= 0.6 is 0 Å². The maximum Gasteiger partial charge on any atom is 0.319 e. The highest BCUT2D eigenvalue weighted by Gasteiger charge is 2.16. The van der Waals surface area contributed by atoms with Crippen LogP contribution in [0.1, 0.15) is 18.4 Å². The fourth-order valence-corrected chi connectivity index (χ4v) is 2.78. The number of hydrogen-bond donors (Lipinski definition) is 2. The average Bonchev–Trinajstić information content (AvgIpc) is 3.16. The summed E-state index contributed by atoms with van der Waals surface area (Å²) in [5, 5.41) is 5.57. The van der Waals surface area contributed by atoms with Crippen molar-refractivity contribution >= 4 is 11.7 Å². The quantitative estimate of drug-likeness (QED) is 0.792. The minimum Gasteiger partial charge on any atom is -0.491 e. The van der Waals surface area contributed by atoms with E-state index < -0.39 is 0 Å². The lowest BCUT2D eigenvalue weighted by Crippen LogP contribution is -2.30. The van der Waals surface area contributed by atoms with E-state index in [1.54, 1.807) is 24.3 Å². The van der Waals surface area contributed by atoms with Crippen LogP contribution in [0.2, 0.25) is 0 Å². The molecule has 138 valence electrons. The molecule has 2 N–H and O–H groups in total. The molecule has 2 amide bonds. The number of ether oxygens (including phenoxy) is 2. The number of nitrogens with one attached hydrogen (secondary N) is 2. The van der Waals surface area contributed by atoms with Crippen molar-refractivity contribution < 1.29 is 18.7 Å². The molecule has 6 heteroatoms. The van der Waals surface area contributed by atoms with Gasteiger partial charge in [-0.1, -0.05) is 18.2 Å². The number of amides is 2. The van der Waals surface area contributed by atoms with E-state index in [4.69, 9.17) is 9.47 Å². The van der Waals surface area contributed by atoms with Crippen LogP contribution in [0.4, 0.5) is 14.9 Å². The molecule has 0 aliphatic carbocycles. The van der Waals surface area contributed by atoms with Gasteiger partial charge in [-0.3, -0.25) is 0 Å². The Hall–Kier alpha value is -2.60. The predicted octanol–water partition coefficient (Wildman–Crippen LogP) is 3.75. The van der Waals surface area contributed by atoms with Gasteiger partial charge in [0.25, 0.3) is 0 Å². The number of benzene rings is 2. The van der Waals surface area contributed by atoms with E-state index in [1.165, 1.54) is 12.1 Å².